The lowest BCUT2D eigenvalue weighted by Gasteiger charge is -2.35. The van der Waals surface area contributed by atoms with Crippen LogP contribution < -0.4 is 14.9 Å². The second kappa shape index (κ2) is 9.64. The van der Waals surface area contributed by atoms with Gasteiger partial charge in [0.1, 0.15) is 0 Å². The number of hydrogen-bond acceptors (Lipinski definition) is 5. The van der Waals surface area contributed by atoms with Crippen LogP contribution in [0.3, 0.4) is 0 Å². The van der Waals surface area contributed by atoms with Crippen molar-refractivity contribution in [3.8, 4) is 0 Å². The first-order valence-electron chi connectivity index (χ1n) is 10.9. The third-order valence-corrected chi connectivity index (χ3v) is 7.12. The summed E-state index contributed by atoms with van der Waals surface area (Å²) in [4.78, 5) is 17.5. The molecule has 0 spiro atoms. The summed E-state index contributed by atoms with van der Waals surface area (Å²) < 4.78 is 27.9. The summed E-state index contributed by atoms with van der Waals surface area (Å²) in [5.41, 5.74) is 3.65. The number of anilines is 3. The quantitative estimate of drug-likeness (QED) is 0.580. The van der Waals surface area contributed by atoms with Crippen LogP contribution in [-0.2, 0) is 10.0 Å². The predicted octanol–water partition coefficient (Wildman–Crippen LogP) is 3.80. The number of piperazine rings is 1. The van der Waals surface area contributed by atoms with Crippen LogP contribution in [0.25, 0.3) is 0 Å². The third-order valence-electron chi connectivity index (χ3n) is 5.73. The van der Waals surface area contributed by atoms with Crippen LogP contribution in [0, 0.1) is 6.92 Å². The highest BCUT2D eigenvalue weighted by atomic mass is 32.2. The molecule has 3 aromatic carbocycles. The van der Waals surface area contributed by atoms with Crippen molar-refractivity contribution in [3.05, 3.63) is 83.9 Å². The summed E-state index contributed by atoms with van der Waals surface area (Å²) in [6.45, 7) is 5.66. The monoisotopic (exact) mass is 464 g/mol. The van der Waals surface area contributed by atoms with E-state index in [0.29, 0.717) is 11.3 Å². The van der Waals surface area contributed by atoms with Gasteiger partial charge in [0.15, 0.2) is 0 Å². The topological polar surface area (TPSA) is 81.7 Å². The van der Waals surface area contributed by atoms with Crippen molar-refractivity contribution in [2.24, 2.45) is 0 Å². The number of hydrogen-bond donors (Lipinski definition) is 2. The Bertz CT molecular complexity index is 1220. The van der Waals surface area contributed by atoms with E-state index in [1.165, 1.54) is 24.3 Å². The molecule has 3 aromatic rings. The van der Waals surface area contributed by atoms with Gasteiger partial charge >= 0.3 is 0 Å². The number of carbonyl (C=O) groups is 1. The van der Waals surface area contributed by atoms with Crippen LogP contribution >= 0.6 is 0 Å². The molecule has 1 amide bonds. The zero-order valence-corrected chi connectivity index (χ0v) is 19.6. The molecule has 0 radical (unpaired) electrons. The molecule has 0 saturated carbocycles. The van der Waals surface area contributed by atoms with Gasteiger partial charge in [-0.05, 0) is 62.5 Å². The van der Waals surface area contributed by atoms with Crippen LogP contribution in [0.5, 0.6) is 0 Å². The molecule has 0 bridgehead atoms. The van der Waals surface area contributed by atoms with Gasteiger partial charge in [-0.15, -0.1) is 0 Å². The highest BCUT2D eigenvalue weighted by Crippen LogP contribution is 2.27. The maximum absolute atomic E-state index is 12.9. The first kappa shape index (κ1) is 22.8. The Labute approximate surface area is 195 Å². The van der Waals surface area contributed by atoms with Crippen molar-refractivity contribution >= 4 is 33.0 Å². The number of nitrogens with zero attached hydrogens (tertiary/aromatic N) is 2. The molecule has 1 saturated heterocycles. The summed E-state index contributed by atoms with van der Waals surface area (Å²) in [6.07, 6.45) is 0. The molecule has 33 heavy (non-hydrogen) atoms. The van der Waals surface area contributed by atoms with Crippen molar-refractivity contribution in [2.75, 3.05) is 48.2 Å². The van der Waals surface area contributed by atoms with Crippen molar-refractivity contribution in [2.45, 2.75) is 11.8 Å². The van der Waals surface area contributed by atoms with Gasteiger partial charge in [0.2, 0.25) is 0 Å². The Kier molecular flexibility index (Phi) is 6.67. The molecule has 0 aliphatic carbocycles. The minimum Gasteiger partial charge on any atom is -0.367 e. The summed E-state index contributed by atoms with van der Waals surface area (Å²) in [5, 5.41) is 2.98. The fourth-order valence-corrected chi connectivity index (χ4v) is 4.78. The molecule has 0 unspecified atom stereocenters. The van der Waals surface area contributed by atoms with E-state index < -0.39 is 10.0 Å². The molecule has 8 heteroatoms. The largest absolute Gasteiger partial charge is 0.367 e. The number of aryl methyl sites for hydroxylation is 1. The highest BCUT2D eigenvalue weighted by Gasteiger charge is 2.19. The maximum atomic E-state index is 12.9. The smallest absolute Gasteiger partial charge is 0.261 e. The van der Waals surface area contributed by atoms with Crippen molar-refractivity contribution in [1.82, 2.24) is 4.90 Å². The minimum absolute atomic E-state index is 0.0949. The van der Waals surface area contributed by atoms with Gasteiger partial charge < -0.3 is 15.1 Å². The Hall–Kier alpha value is -3.36. The average Bonchev–Trinajstić information content (AvgIpc) is 2.81. The van der Waals surface area contributed by atoms with Crippen molar-refractivity contribution < 1.29 is 13.2 Å². The molecule has 0 aromatic heterocycles. The fourth-order valence-electron chi connectivity index (χ4n) is 3.72. The zero-order chi connectivity index (χ0) is 23.4. The summed E-state index contributed by atoms with van der Waals surface area (Å²) >= 11 is 0. The number of amides is 1. The predicted molar refractivity (Wildman–Crippen MR) is 133 cm³/mol. The zero-order valence-electron chi connectivity index (χ0n) is 18.8. The van der Waals surface area contributed by atoms with E-state index in [9.17, 15) is 13.2 Å². The fraction of sp³-hybridized carbons (Fsp3) is 0.240. The number of likely N-dealkylation sites (N-methyl/N-ethyl adjacent to an activating group) is 1. The number of para-hydroxylation sites is 2. The van der Waals surface area contributed by atoms with Gasteiger partial charge in [0.05, 0.1) is 16.3 Å². The molecule has 172 valence electrons. The number of benzene rings is 3. The molecule has 1 aliphatic rings. The first-order valence-corrected chi connectivity index (χ1v) is 12.3. The van der Waals surface area contributed by atoms with E-state index in [-0.39, 0.29) is 10.8 Å². The van der Waals surface area contributed by atoms with Crippen LogP contribution in [0.1, 0.15) is 15.9 Å². The summed E-state index contributed by atoms with van der Waals surface area (Å²) in [6, 6.07) is 20.8. The summed E-state index contributed by atoms with van der Waals surface area (Å²) in [7, 11) is -1.64. The Morgan fingerprint density at radius 1 is 0.848 bits per heavy atom. The number of nitrogens with one attached hydrogen (secondary N) is 2. The van der Waals surface area contributed by atoms with Crippen LogP contribution in [0.2, 0.25) is 0 Å². The first-order chi connectivity index (χ1) is 15.8. The molecule has 1 fully saturated rings. The lowest BCUT2D eigenvalue weighted by molar-refractivity contribution is 0.102. The van der Waals surface area contributed by atoms with E-state index in [1.54, 1.807) is 12.1 Å². The molecule has 2 N–H and O–H groups in total. The molecule has 1 aliphatic heterocycles. The van der Waals surface area contributed by atoms with E-state index >= 15 is 0 Å². The Balaban J connectivity index is 1.46. The van der Waals surface area contributed by atoms with Crippen molar-refractivity contribution in [1.29, 1.82) is 0 Å². The van der Waals surface area contributed by atoms with Gasteiger partial charge in [-0.25, -0.2) is 8.42 Å². The van der Waals surface area contributed by atoms with Gasteiger partial charge in [0, 0.05) is 37.4 Å². The molecular weight excluding hydrogens is 436 g/mol. The van der Waals surface area contributed by atoms with Gasteiger partial charge in [-0.3, -0.25) is 9.52 Å². The Morgan fingerprint density at radius 2 is 1.48 bits per heavy atom. The molecule has 1 heterocycles. The van der Waals surface area contributed by atoms with Crippen molar-refractivity contribution in [3.63, 3.8) is 0 Å². The Morgan fingerprint density at radius 3 is 2.15 bits per heavy atom. The average molecular weight is 465 g/mol. The standard InChI is InChI=1S/C25H28N4O3S/c1-19-7-11-21(12-8-19)27-33(31,32)22-13-9-20(10-14-22)25(30)26-23-5-3-4-6-24(23)29-17-15-28(2)16-18-29/h3-14,27H,15-18H2,1-2H3,(H,26,30). The molecule has 0 atom stereocenters. The maximum Gasteiger partial charge on any atom is 0.261 e. The highest BCUT2D eigenvalue weighted by molar-refractivity contribution is 7.92. The van der Waals surface area contributed by atoms with Gasteiger partial charge in [0.25, 0.3) is 15.9 Å². The number of rotatable bonds is 6. The van der Waals surface area contributed by atoms with Crippen LogP contribution in [0.4, 0.5) is 17.1 Å². The van der Waals surface area contributed by atoms with Gasteiger partial charge in [-0.2, -0.15) is 0 Å². The molecular formula is C25H28N4O3S. The second-order valence-corrected chi connectivity index (χ2v) is 9.94. The van der Waals surface area contributed by atoms with E-state index in [2.05, 4.69) is 26.9 Å². The lowest BCUT2D eigenvalue weighted by atomic mass is 10.2. The SMILES string of the molecule is Cc1ccc(NS(=O)(=O)c2ccc(C(=O)Nc3ccccc3N3CCN(C)CC3)cc2)cc1. The molecule has 4 rings (SSSR count). The van der Waals surface area contributed by atoms with E-state index in [4.69, 9.17) is 0 Å². The van der Waals surface area contributed by atoms with Crippen LogP contribution in [0.15, 0.2) is 77.7 Å². The van der Waals surface area contributed by atoms with Gasteiger partial charge in [-0.1, -0.05) is 29.8 Å². The van der Waals surface area contributed by atoms with E-state index in [1.807, 2.05) is 43.3 Å². The molecule has 7 nitrogen and oxygen atoms in total. The summed E-state index contributed by atoms with van der Waals surface area (Å²) in [5.74, 6) is -0.285. The lowest BCUT2D eigenvalue weighted by Crippen LogP contribution is -2.44. The second-order valence-electron chi connectivity index (χ2n) is 8.26. The third kappa shape index (κ3) is 5.53. The van der Waals surface area contributed by atoms with Crippen LogP contribution in [-0.4, -0.2) is 52.5 Å². The van der Waals surface area contributed by atoms with E-state index in [0.717, 1.165) is 43.1 Å². The minimum atomic E-state index is -3.75. The number of sulfonamides is 1. The normalized spacial score (nSPS) is 14.7. The number of carbonyl (C=O) groups excluding carboxylic acids is 1.